The van der Waals surface area contributed by atoms with Crippen molar-refractivity contribution in [1.82, 2.24) is 9.78 Å². The van der Waals surface area contributed by atoms with Gasteiger partial charge >= 0.3 is 6.18 Å². The summed E-state index contributed by atoms with van der Waals surface area (Å²) in [6.07, 6.45) is -2.99. The average Bonchev–Trinajstić information content (AvgIpc) is 2.07. The first kappa shape index (κ1) is 9.38. The van der Waals surface area contributed by atoms with E-state index < -0.39 is 12.7 Å². The first-order valence-corrected chi connectivity index (χ1v) is 3.52. The van der Waals surface area contributed by atoms with E-state index in [1.165, 1.54) is 6.20 Å². The zero-order chi connectivity index (χ0) is 9.35. The van der Waals surface area contributed by atoms with Crippen molar-refractivity contribution in [3.05, 3.63) is 16.9 Å². The normalized spacial score (nSPS) is 12.1. The molecule has 0 atom stereocenters. The number of aryl methyl sites for hydroxylation is 1. The van der Waals surface area contributed by atoms with Crippen LogP contribution in [0.15, 0.2) is 6.20 Å². The van der Waals surface area contributed by atoms with E-state index in [1.54, 1.807) is 6.92 Å². The van der Waals surface area contributed by atoms with Crippen LogP contribution in [-0.4, -0.2) is 16.0 Å². The Labute approximate surface area is 71.9 Å². The second kappa shape index (κ2) is 2.97. The predicted octanol–water partition coefficient (Wildman–Crippen LogP) is 2.41. The van der Waals surface area contributed by atoms with Crippen molar-refractivity contribution in [3.63, 3.8) is 0 Å². The highest BCUT2D eigenvalue weighted by atomic mass is 35.5. The maximum atomic E-state index is 11.8. The minimum Gasteiger partial charge on any atom is -0.262 e. The van der Waals surface area contributed by atoms with Gasteiger partial charge in [-0.3, -0.25) is 4.68 Å². The molecule has 0 spiro atoms. The minimum atomic E-state index is -4.25. The van der Waals surface area contributed by atoms with Crippen LogP contribution in [0.5, 0.6) is 0 Å². The van der Waals surface area contributed by atoms with E-state index >= 15 is 0 Å². The first-order valence-electron chi connectivity index (χ1n) is 3.15. The summed E-state index contributed by atoms with van der Waals surface area (Å²) in [7, 11) is 0. The van der Waals surface area contributed by atoms with Gasteiger partial charge in [0.1, 0.15) is 6.54 Å². The number of aromatic nitrogens is 2. The summed E-state index contributed by atoms with van der Waals surface area (Å²) in [6.45, 7) is 0.503. The van der Waals surface area contributed by atoms with Gasteiger partial charge in [0.2, 0.25) is 0 Å². The summed E-state index contributed by atoms with van der Waals surface area (Å²) < 4.78 is 36.1. The number of alkyl halides is 3. The van der Waals surface area contributed by atoms with Crippen LogP contribution >= 0.6 is 11.6 Å². The lowest BCUT2D eigenvalue weighted by Gasteiger charge is -2.04. The van der Waals surface area contributed by atoms with E-state index in [0.29, 0.717) is 5.56 Å². The van der Waals surface area contributed by atoms with Crippen molar-refractivity contribution in [1.29, 1.82) is 0 Å². The summed E-state index contributed by atoms with van der Waals surface area (Å²) in [5.41, 5.74) is 0.543. The summed E-state index contributed by atoms with van der Waals surface area (Å²) >= 11 is 5.46. The molecule has 1 heterocycles. The molecule has 6 heteroatoms. The van der Waals surface area contributed by atoms with Crippen LogP contribution in [-0.2, 0) is 6.54 Å². The van der Waals surface area contributed by atoms with Gasteiger partial charge in [-0.1, -0.05) is 11.6 Å². The molecule has 2 nitrogen and oxygen atoms in total. The molecule has 0 aliphatic rings. The number of halogens is 4. The second-order valence-electron chi connectivity index (χ2n) is 2.42. The number of nitrogens with zero attached hydrogens (tertiary/aromatic N) is 2. The molecular formula is C6H6ClF3N2. The number of hydrogen-bond acceptors (Lipinski definition) is 1. The van der Waals surface area contributed by atoms with Gasteiger partial charge in [-0.25, -0.2) is 0 Å². The minimum absolute atomic E-state index is 0.110. The Balaban J connectivity index is 2.77. The molecule has 0 radical (unpaired) electrons. The van der Waals surface area contributed by atoms with Gasteiger partial charge in [0.25, 0.3) is 0 Å². The lowest BCUT2D eigenvalue weighted by atomic mass is 10.4. The quantitative estimate of drug-likeness (QED) is 0.678. The SMILES string of the molecule is Cc1cn(CC(F)(F)F)nc1Cl. The molecule has 0 bridgehead atoms. The molecule has 0 aromatic carbocycles. The summed E-state index contributed by atoms with van der Waals surface area (Å²) in [5.74, 6) is 0. The van der Waals surface area contributed by atoms with Crippen LogP contribution in [0.3, 0.4) is 0 Å². The molecule has 0 aliphatic carbocycles. The molecule has 1 aromatic heterocycles. The van der Waals surface area contributed by atoms with Crippen molar-refractivity contribution < 1.29 is 13.2 Å². The van der Waals surface area contributed by atoms with Gasteiger partial charge in [-0.15, -0.1) is 0 Å². The number of hydrogen-bond donors (Lipinski definition) is 0. The maximum absolute atomic E-state index is 11.8. The van der Waals surface area contributed by atoms with Crippen LogP contribution in [0.1, 0.15) is 5.56 Å². The van der Waals surface area contributed by atoms with Crippen molar-refractivity contribution in [2.24, 2.45) is 0 Å². The van der Waals surface area contributed by atoms with Crippen molar-refractivity contribution >= 4 is 11.6 Å². The van der Waals surface area contributed by atoms with E-state index in [2.05, 4.69) is 5.10 Å². The fraction of sp³-hybridized carbons (Fsp3) is 0.500. The third-order valence-electron chi connectivity index (χ3n) is 1.23. The second-order valence-corrected chi connectivity index (χ2v) is 2.77. The van der Waals surface area contributed by atoms with Gasteiger partial charge in [-0.2, -0.15) is 18.3 Å². The van der Waals surface area contributed by atoms with Crippen molar-refractivity contribution in [2.45, 2.75) is 19.6 Å². The molecule has 68 valence electrons. The first-order chi connectivity index (χ1) is 5.38. The van der Waals surface area contributed by atoms with Gasteiger partial charge in [0.15, 0.2) is 5.15 Å². The summed E-state index contributed by atoms with van der Waals surface area (Å²) in [4.78, 5) is 0. The van der Waals surface area contributed by atoms with E-state index in [9.17, 15) is 13.2 Å². The molecule has 0 amide bonds. The zero-order valence-corrected chi connectivity index (χ0v) is 6.95. The van der Waals surface area contributed by atoms with Crippen LogP contribution in [0.2, 0.25) is 5.15 Å². The third-order valence-corrected chi connectivity index (χ3v) is 1.60. The molecule has 0 fully saturated rings. The van der Waals surface area contributed by atoms with Crippen LogP contribution in [0.25, 0.3) is 0 Å². The highest BCUT2D eigenvalue weighted by molar-refractivity contribution is 6.30. The Kier molecular flexibility index (Phi) is 2.32. The lowest BCUT2D eigenvalue weighted by molar-refractivity contribution is -0.142. The molecule has 1 aromatic rings. The number of rotatable bonds is 1. The molecule has 0 unspecified atom stereocenters. The Morgan fingerprint density at radius 2 is 2.17 bits per heavy atom. The fourth-order valence-electron chi connectivity index (χ4n) is 0.762. The smallest absolute Gasteiger partial charge is 0.262 e. The highest BCUT2D eigenvalue weighted by Gasteiger charge is 2.28. The zero-order valence-electron chi connectivity index (χ0n) is 6.19. The van der Waals surface area contributed by atoms with E-state index in [1.807, 2.05) is 0 Å². The maximum Gasteiger partial charge on any atom is 0.408 e. The van der Waals surface area contributed by atoms with E-state index in [4.69, 9.17) is 11.6 Å². The molecule has 0 saturated heterocycles. The van der Waals surface area contributed by atoms with E-state index in [-0.39, 0.29) is 5.15 Å². The molecular weight excluding hydrogens is 193 g/mol. The highest BCUT2D eigenvalue weighted by Crippen LogP contribution is 2.19. The summed E-state index contributed by atoms with van der Waals surface area (Å²) in [5, 5.41) is 3.57. The topological polar surface area (TPSA) is 17.8 Å². The average molecular weight is 199 g/mol. The molecule has 12 heavy (non-hydrogen) atoms. The molecule has 0 N–H and O–H groups in total. The Morgan fingerprint density at radius 1 is 1.58 bits per heavy atom. The van der Waals surface area contributed by atoms with Gasteiger partial charge in [0.05, 0.1) is 0 Å². The molecule has 0 aliphatic heterocycles. The standard InChI is InChI=1S/C6H6ClF3N2/c1-4-2-12(11-5(4)7)3-6(8,9)10/h2H,3H2,1H3. The molecule has 0 saturated carbocycles. The summed E-state index contributed by atoms with van der Waals surface area (Å²) in [6, 6.07) is 0. The van der Waals surface area contributed by atoms with E-state index in [0.717, 1.165) is 4.68 Å². The lowest BCUT2D eigenvalue weighted by Crippen LogP contribution is -2.17. The van der Waals surface area contributed by atoms with Gasteiger partial charge in [0, 0.05) is 11.8 Å². The largest absolute Gasteiger partial charge is 0.408 e. The Bertz CT molecular complexity index is 259. The third kappa shape index (κ3) is 2.41. The Hall–Kier alpha value is -0.710. The van der Waals surface area contributed by atoms with Crippen LogP contribution < -0.4 is 0 Å². The monoisotopic (exact) mass is 198 g/mol. The van der Waals surface area contributed by atoms with Crippen LogP contribution in [0, 0.1) is 6.92 Å². The predicted molar refractivity (Wildman–Crippen MR) is 38.0 cm³/mol. The van der Waals surface area contributed by atoms with Crippen molar-refractivity contribution in [2.75, 3.05) is 0 Å². The van der Waals surface area contributed by atoms with Crippen LogP contribution in [0.4, 0.5) is 13.2 Å². The molecule has 1 rings (SSSR count). The van der Waals surface area contributed by atoms with Gasteiger partial charge < -0.3 is 0 Å². The van der Waals surface area contributed by atoms with Gasteiger partial charge in [-0.05, 0) is 6.92 Å². The van der Waals surface area contributed by atoms with Crippen molar-refractivity contribution in [3.8, 4) is 0 Å². The fourth-order valence-corrected chi connectivity index (χ4v) is 0.908. The Morgan fingerprint density at radius 3 is 2.50 bits per heavy atom.